The molecule has 3 aromatic rings. The van der Waals surface area contributed by atoms with Crippen molar-refractivity contribution >= 4 is 23.4 Å². The van der Waals surface area contributed by atoms with Crippen LogP contribution in [0.4, 0.5) is 0 Å². The standard InChI is InChI=1S/C26H29ClN4O2/c1-19-24(25(27)31(29-19)18-21-10-6-3-7-11-21)26(33)30-16-14-22(15-17-30)28-23(32)13-12-20-8-4-2-5-9-20/h2-11,22H,12-18H2,1H3,(H,28,32). The molecular formula is C26H29ClN4O2. The van der Waals surface area contributed by atoms with Gasteiger partial charge >= 0.3 is 0 Å². The van der Waals surface area contributed by atoms with E-state index >= 15 is 0 Å². The molecule has 2 heterocycles. The predicted octanol–water partition coefficient (Wildman–Crippen LogP) is 4.25. The highest BCUT2D eigenvalue weighted by Crippen LogP contribution is 2.24. The average Bonchev–Trinajstić information content (AvgIpc) is 3.11. The Balaban J connectivity index is 1.30. The maximum atomic E-state index is 13.2. The van der Waals surface area contributed by atoms with Crippen LogP contribution in [0.5, 0.6) is 0 Å². The molecule has 172 valence electrons. The molecule has 0 radical (unpaired) electrons. The number of amides is 2. The van der Waals surface area contributed by atoms with Gasteiger partial charge in [-0.25, -0.2) is 4.68 Å². The molecule has 2 aromatic carbocycles. The summed E-state index contributed by atoms with van der Waals surface area (Å²) >= 11 is 6.57. The Hall–Kier alpha value is -3.12. The molecule has 33 heavy (non-hydrogen) atoms. The number of hydrogen-bond acceptors (Lipinski definition) is 3. The van der Waals surface area contributed by atoms with Crippen LogP contribution < -0.4 is 5.32 Å². The SMILES string of the molecule is Cc1nn(Cc2ccccc2)c(Cl)c1C(=O)N1CCC(NC(=O)CCc2ccccc2)CC1. The van der Waals surface area contributed by atoms with Crippen molar-refractivity contribution < 1.29 is 9.59 Å². The van der Waals surface area contributed by atoms with Gasteiger partial charge in [0.25, 0.3) is 5.91 Å². The molecule has 0 saturated carbocycles. The summed E-state index contributed by atoms with van der Waals surface area (Å²) in [5.41, 5.74) is 3.34. The fourth-order valence-corrected chi connectivity index (χ4v) is 4.56. The largest absolute Gasteiger partial charge is 0.353 e. The number of aromatic nitrogens is 2. The molecule has 1 fully saturated rings. The third-order valence-electron chi connectivity index (χ3n) is 6.09. The van der Waals surface area contributed by atoms with E-state index in [-0.39, 0.29) is 17.9 Å². The monoisotopic (exact) mass is 464 g/mol. The molecule has 0 aliphatic carbocycles. The summed E-state index contributed by atoms with van der Waals surface area (Å²) in [6.45, 7) is 3.51. The van der Waals surface area contributed by atoms with Crippen molar-refractivity contribution in [3.8, 4) is 0 Å². The van der Waals surface area contributed by atoms with Crippen molar-refractivity contribution in [3.05, 3.63) is 88.2 Å². The molecule has 0 bridgehead atoms. The summed E-state index contributed by atoms with van der Waals surface area (Å²) in [5.74, 6) is -0.0321. The quantitative estimate of drug-likeness (QED) is 0.568. The Labute approximate surface area is 199 Å². The molecule has 0 spiro atoms. The summed E-state index contributed by atoms with van der Waals surface area (Å²) in [4.78, 5) is 27.4. The Kier molecular flexibility index (Phi) is 7.45. The number of likely N-dealkylation sites (tertiary alicyclic amines) is 1. The normalized spacial score (nSPS) is 14.3. The predicted molar refractivity (Wildman–Crippen MR) is 129 cm³/mol. The minimum absolute atomic E-state index is 0.0599. The van der Waals surface area contributed by atoms with Crippen molar-refractivity contribution in [2.24, 2.45) is 0 Å². The van der Waals surface area contributed by atoms with Crippen LogP contribution in [0.3, 0.4) is 0 Å². The fraction of sp³-hybridized carbons (Fsp3) is 0.346. The van der Waals surface area contributed by atoms with Crippen LogP contribution in [-0.2, 0) is 17.8 Å². The molecule has 7 heteroatoms. The molecule has 6 nitrogen and oxygen atoms in total. The number of hydrogen-bond donors (Lipinski definition) is 1. The zero-order valence-electron chi connectivity index (χ0n) is 18.8. The molecule has 0 atom stereocenters. The lowest BCUT2D eigenvalue weighted by atomic mass is 10.0. The number of nitrogens with zero attached hydrogens (tertiary/aromatic N) is 3. The van der Waals surface area contributed by atoms with E-state index in [0.29, 0.717) is 42.5 Å². The molecule has 1 N–H and O–H groups in total. The van der Waals surface area contributed by atoms with Gasteiger partial charge in [-0.2, -0.15) is 5.10 Å². The molecular weight excluding hydrogens is 436 g/mol. The molecule has 1 aliphatic heterocycles. The van der Waals surface area contributed by atoms with E-state index < -0.39 is 0 Å². The van der Waals surface area contributed by atoms with Crippen molar-refractivity contribution in [2.75, 3.05) is 13.1 Å². The number of carbonyl (C=O) groups excluding carboxylic acids is 2. The van der Waals surface area contributed by atoms with Crippen molar-refractivity contribution in [1.29, 1.82) is 0 Å². The topological polar surface area (TPSA) is 67.2 Å². The summed E-state index contributed by atoms with van der Waals surface area (Å²) in [6.07, 6.45) is 2.67. The first-order chi connectivity index (χ1) is 16.0. The highest BCUT2D eigenvalue weighted by Gasteiger charge is 2.29. The summed E-state index contributed by atoms with van der Waals surface area (Å²) < 4.78 is 1.68. The number of rotatable bonds is 7. The van der Waals surface area contributed by atoms with Gasteiger partial charge in [-0.15, -0.1) is 0 Å². The zero-order chi connectivity index (χ0) is 23.2. The van der Waals surface area contributed by atoms with Crippen molar-refractivity contribution in [2.45, 2.75) is 45.2 Å². The van der Waals surface area contributed by atoms with Gasteiger partial charge in [-0.3, -0.25) is 9.59 Å². The second-order valence-electron chi connectivity index (χ2n) is 8.51. The number of halogens is 1. The van der Waals surface area contributed by atoms with Crippen molar-refractivity contribution in [3.63, 3.8) is 0 Å². The number of carbonyl (C=O) groups is 2. The highest BCUT2D eigenvalue weighted by atomic mass is 35.5. The van der Waals surface area contributed by atoms with Gasteiger partial charge in [-0.05, 0) is 37.3 Å². The first-order valence-corrected chi connectivity index (χ1v) is 11.8. The molecule has 2 amide bonds. The van der Waals surface area contributed by atoms with Gasteiger partial charge < -0.3 is 10.2 Å². The number of benzene rings is 2. The lowest BCUT2D eigenvalue weighted by molar-refractivity contribution is -0.122. The van der Waals surface area contributed by atoms with Crippen LogP contribution in [0, 0.1) is 6.92 Å². The third kappa shape index (κ3) is 5.82. The van der Waals surface area contributed by atoms with Crippen LogP contribution in [0.2, 0.25) is 5.15 Å². The van der Waals surface area contributed by atoms with Crippen LogP contribution in [0.25, 0.3) is 0 Å². The maximum absolute atomic E-state index is 13.2. The van der Waals surface area contributed by atoms with Gasteiger partial charge in [0.05, 0.1) is 17.8 Å². The van der Waals surface area contributed by atoms with Gasteiger partial charge in [-0.1, -0.05) is 72.3 Å². The minimum atomic E-state index is -0.0920. The maximum Gasteiger partial charge on any atom is 0.258 e. The highest BCUT2D eigenvalue weighted by molar-refractivity contribution is 6.33. The Morgan fingerprint density at radius 3 is 2.24 bits per heavy atom. The van der Waals surface area contributed by atoms with Gasteiger partial charge in [0.15, 0.2) is 0 Å². The smallest absolute Gasteiger partial charge is 0.258 e. The van der Waals surface area contributed by atoms with Gasteiger partial charge in [0, 0.05) is 25.6 Å². The third-order valence-corrected chi connectivity index (χ3v) is 6.47. The van der Waals surface area contributed by atoms with E-state index in [4.69, 9.17) is 11.6 Å². The Morgan fingerprint density at radius 1 is 1.00 bits per heavy atom. The van der Waals surface area contributed by atoms with E-state index in [0.717, 1.165) is 30.4 Å². The lowest BCUT2D eigenvalue weighted by Crippen LogP contribution is -2.46. The molecule has 0 unspecified atom stereocenters. The number of piperidine rings is 1. The zero-order valence-corrected chi connectivity index (χ0v) is 19.6. The van der Waals surface area contributed by atoms with Crippen LogP contribution >= 0.6 is 11.6 Å². The Bertz CT molecular complexity index is 1090. The second kappa shape index (κ2) is 10.7. The fourth-order valence-electron chi connectivity index (χ4n) is 4.24. The van der Waals surface area contributed by atoms with E-state index in [1.165, 1.54) is 0 Å². The molecule has 1 aliphatic rings. The van der Waals surface area contributed by atoms with E-state index in [1.54, 1.807) is 4.68 Å². The second-order valence-corrected chi connectivity index (χ2v) is 8.87. The van der Waals surface area contributed by atoms with E-state index in [1.807, 2.05) is 72.5 Å². The summed E-state index contributed by atoms with van der Waals surface area (Å²) in [6, 6.07) is 20.0. The first kappa shape index (κ1) is 23.1. The average molecular weight is 465 g/mol. The van der Waals surface area contributed by atoms with Crippen molar-refractivity contribution in [1.82, 2.24) is 20.0 Å². The van der Waals surface area contributed by atoms with Gasteiger partial charge in [0.1, 0.15) is 5.15 Å². The van der Waals surface area contributed by atoms with E-state index in [2.05, 4.69) is 10.4 Å². The number of nitrogens with one attached hydrogen (secondary N) is 1. The van der Waals surface area contributed by atoms with E-state index in [9.17, 15) is 9.59 Å². The van der Waals surface area contributed by atoms with Crippen LogP contribution in [0.15, 0.2) is 60.7 Å². The summed E-state index contributed by atoms with van der Waals surface area (Å²) in [5, 5.41) is 8.00. The minimum Gasteiger partial charge on any atom is -0.353 e. The Morgan fingerprint density at radius 2 is 1.61 bits per heavy atom. The molecule has 4 rings (SSSR count). The molecule has 1 aromatic heterocycles. The van der Waals surface area contributed by atoms with Gasteiger partial charge in [0.2, 0.25) is 5.91 Å². The molecule has 1 saturated heterocycles. The first-order valence-electron chi connectivity index (χ1n) is 11.4. The lowest BCUT2D eigenvalue weighted by Gasteiger charge is -2.32. The summed E-state index contributed by atoms with van der Waals surface area (Å²) in [7, 11) is 0. The van der Waals surface area contributed by atoms with Crippen LogP contribution in [0.1, 0.15) is 46.4 Å². The van der Waals surface area contributed by atoms with Crippen LogP contribution in [-0.4, -0.2) is 45.6 Å². The number of aryl methyl sites for hydroxylation is 2.